The number of benzene rings is 2. The van der Waals surface area contributed by atoms with Crippen molar-refractivity contribution in [3.63, 3.8) is 0 Å². The molecular weight excluding hydrogens is 352 g/mol. The zero-order valence-electron chi connectivity index (χ0n) is 14.8. The Hall–Kier alpha value is -2.53. The minimum atomic E-state index is -0.848. The molecule has 1 amide bonds. The Labute approximate surface area is 157 Å². The molecule has 0 aromatic heterocycles. The van der Waals surface area contributed by atoms with Gasteiger partial charge in [-0.3, -0.25) is 4.79 Å². The number of amides is 1. The molecule has 0 fully saturated rings. The highest BCUT2D eigenvalue weighted by Crippen LogP contribution is 2.25. The molecule has 0 aliphatic carbocycles. The number of carbonyl (C=O) groups is 2. The van der Waals surface area contributed by atoms with Gasteiger partial charge in [0, 0.05) is 35.9 Å². The minimum absolute atomic E-state index is 0.335. The molecule has 0 bridgehead atoms. The molecule has 2 aromatic rings. The van der Waals surface area contributed by atoms with Crippen LogP contribution < -0.4 is 10.2 Å². The molecule has 3 rings (SSSR count). The van der Waals surface area contributed by atoms with Crippen LogP contribution in [0.2, 0.25) is 5.02 Å². The molecule has 1 heterocycles. The van der Waals surface area contributed by atoms with Crippen LogP contribution in [0.3, 0.4) is 0 Å². The minimum Gasteiger partial charge on any atom is -0.448 e. The molecule has 1 N–H and O–H groups in total. The number of hydrogen-bond donors (Lipinski definition) is 1. The van der Waals surface area contributed by atoms with E-state index in [0.717, 1.165) is 24.3 Å². The first kappa shape index (κ1) is 18.3. The number of rotatable bonds is 5. The molecule has 0 saturated carbocycles. The summed E-state index contributed by atoms with van der Waals surface area (Å²) in [7, 11) is 0. The van der Waals surface area contributed by atoms with E-state index >= 15 is 0 Å². The molecule has 26 heavy (non-hydrogen) atoms. The first-order chi connectivity index (χ1) is 12.5. The van der Waals surface area contributed by atoms with Crippen molar-refractivity contribution in [2.75, 3.05) is 23.3 Å². The van der Waals surface area contributed by atoms with Gasteiger partial charge in [-0.1, -0.05) is 17.7 Å². The molecule has 5 nitrogen and oxygen atoms in total. The normalized spacial score (nSPS) is 15.8. The summed E-state index contributed by atoms with van der Waals surface area (Å²) in [6, 6.07) is 12.7. The van der Waals surface area contributed by atoms with Crippen LogP contribution >= 0.6 is 11.6 Å². The van der Waals surface area contributed by atoms with Crippen molar-refractivity contribution < 1.29 is 14.3 Å². The van der Waals surface area contributed by atoms with Gasteiger partial charge in [0.1, 0.15) is 0 Å². The second kappa shape index (κ2) is 7.79. The summed E-state index contributed by atoms with van der Waals surface area (Å²) in [5.41, 5.74) is 2.96. The van der Waals surface area contributed by atoms with E-state index in [1.807, 2.05) is 24.3 Å². The average Bonchev–Trinajstić information content (AvgIpc) is 2.64. The van der Waals surface area contributed by atoms with E-state index in [1.54, 1.807) is 18.2 Å². The molecule has 136 valence electrons. The highest BCUT2D eigenvalue weighted by Gasteiger charge is 2.31. The van der Waals surface area contributed by atoms with Gasteiger partial charge < -0.3 is 15.0 Å². The number of nitrogens with one attached hydrogen (secondary N) is 1. The maximum atomic E-state index is 12.5. The van der Waals surface area contributed by atoms with Crippen LogP contribution in [0.25, 0.3) is 0 Å². The van der Waals surface area contributed by atoms with Gasteiger partial charge in [0.05, 0.1) is 5.56 Å². The maximum absolute atomic E-state index is 12.5. The van der Waals surface area contributed by atoms with Crippen molar-refractivity contribution in [3.8, 4) is 0 Å². The predicted octanol–water partition coefficient (Wildman–Crippen LogP) is 3.91. The summed E-state index contributed by atoms with van der Waals surface area (Å²) in [5.74, 6) is -0.861. The largest absolute Gasteiger partial charge is 0.448 e. The Balaban J connectivity index is 1.69. The van der Waals surface area contributed by atoms with Crippen LogP contribution in [0.4, 0.5) is 11.4 Å². The number of hydrogen-bond acceptors (Lipinski definition) is 4. The zero-order valence-corrected chi connectivity index (χ0v) is 15.5. The van der Waals surface area contributed by atoms with E-state index in [0.29, 0.717) is 22.7 Å². The lowest BCUT2D eigenvalue weighted by Crippen LogP contribution is -2.38. The van der Waals surface area contributed by atoms with Gasteiger partial charge >= 0.3 is 5.97 Å². The first-order valence-corrected chi connectivity index (χ1v) is 9.05. The lowest BCUT2D eigenvalue weighted by Gasteiger charge is -2.24. The Kier molecular flexibility index (Phi) is 5.47. The standard InChI is InChI=1S/C20H21ClN2O3/c1-3-23(4-2)16-9-7-15(8-10-16)22-19(24)18-11-13-5-6-14(21)12-17(13)20(25)26-18/h5-10,12,18H,3-4,11H2,1-2H3,(H,22,24). The predicted molar refractivity (Wildman–Crippen MR) is 103 cm³/mol. The number of anilines is 2. The lowest BCUT2D eigenvalue weighted by molar-refractivity contribution is -0.125. The van der Waals surface area contributed by atoms with E-state index in [-0.39, 0.29) is 5.91 Å². The first-order valence-electron chi connectivity index (χ1n) is 8.67. The zero-order chi connectivity index (χ0) is 18.7. The van der Waals surface area contributed by atoms with Gasteiger partial charge in [-0.15, -0.1) is 0 Å². The van der Waals surface area contributed by atoms with Crippen molar-refractivity contribution in [2.45, 2.75) is 26.4 Å². The van der Waals surface area contributed by atoms with Gasteiger partial charge in [0.2, 0.25) is 0 Å². The highest BCUT2D eigenvalue weighted by atomic mass is 35.5. The van der Waals surface area contributed by atoms with Gasteiger partial charge in [-0.05, 0) is 55.8 Å². The molecule has 0 spiro atoms. The van der Waals surface area contributed by atoms with Crippen LogP contribution in [-0.4, -0.2) is 31.1 Å². The number of halogens is 1. The van der Waals surface area contributed by atoms with E-state index in [2.05, 4.69) is 24.1 Å². The van der Waals surface area contributed by atoms with Gasteiger partial charge in [0.25, 0.3) is 5.91 Å². The Morgan fingerprint density at radius 2 is 1.88 bits per heavy atom. The molecule has 0 saturated heterocycles. The van der Waals surface area contributed by atoms with E-state index in [4.69, 9.17) is 16.3 Å². The molecule has 6 heteroatoms. The average molecular weight is 373 g/mol. The van der Waals surface area contributed by atoms with Crippen molar-refractivity contribution >= 4 is 34.9 Å². The Morgan fingerprint density at radius 3 is 2.54 bits per heavy atom. The quantitative estimate of drug-likeness (QED) is 0.808. The van der Waals surface area contributed by atoms with Crippen molar-refractivity contribution in [1.82, 2.24) is 0 Å². The molecule has 1 unspecified atom stereocenters. The number of fused-ring (bicyclic) bond motifs is 1. The fourth-order valence-corrected chi connectivity index (χ4v) is 3.24. The van der Waals surface area contributed by atoms with Gasteiger partial charge in [0.15, 0.2) is 6.10 Å². The fraction of sp³-hybridized carbons (Fsp3) is 0.300. The van der Waals surface area contributed by atoms with Crippen LogP contribution in [0.5, 0.6) is 0 Å². The van der Waals surface area contributed by atoms with E-state index in [9.17, 15) is 9.59 Å². The van der Waals surface area contributed by atoms with Crippen molar-refractivity contribution in [1.29, 1.82) is 0 Å². The Morgan fingerprint density at radius 1 is 1.19 bits per heavy atom. The third-order valence-corrected chi connectivity index (χ3v) is 4.74. The number of nitrogens with zero attached hydrogens (tertiary/aromatic N) is 1. The van der Waals surface area contributed by atoms with E-state index < -0.39 is 12.1 Å². The monoisotopic (exact) mass is 372 g/mol. The van der Waals surface area contributed by atoms with Gasteiger partial charge in [-0.25, -0.2) is 4.79 Å². The summed E-state index contributed by atoms with van der Waals surface area (Å²) >= 11 is 5.91. The third kappa shape index (κ3) is 3.83. The Bertz CT molecular complexity index is 816. The van der Waals surface area contributed by atoms with Gasteiger partial charge in [-0.2, -0.15) is 0 Å². The smallest absolute Gasteiger partial charge is 0.339 e. The number of carbonyl (C=O) groups excluding carboxylic acids is 2. The summed E-state index contributed by atoms with van der Waals surface area (Å²) in [6.45, 7) is 6.04. The summed E-state index contributed by atoms with van der Waals surface area (Å²) < 4.78 is 5.28. The summed E-state index contributed by atoms with van der Waals surface area (Å²) in [4.78, 5) is 26.8. The summed E-state index contributed by atoms with van der Waals surface area (Å²) in [6.07, 6.45) is -0.514. The number of esters is 1. The summed E-state index contributed by atoms with van der Waals surface area (Å²) in [5, 5.41) is 3.29. The molecule has 1 aliphatic rings. The number of ether oxygens (including phenoxy) is 1. The van der Waals surface area contributed by atoms with Crippen molar-refractivity contribution in [2.24, 2.45) is 0 Å². The molecule has 1 atom stereocenters. The second-order valence-corrected chi connectivity index (χ2v) is 6.54. The van der Waals surface area contributed by atoms with Crippen LogP contribution in [0.1, 0.15) is 29.8 Å². The van der Waals surface area contributed by atoms with Crippen molar-refractivity contribution in [3.05, 3.63) is 58.6 Å². The second-order valence-electron chi connectivity index (χ2n) is 6.11. The topological polar surface area (TPSA) is 58.6 Å². The molecular formula is C20H21ClN2O3. The number of cyclic esters (lactones) is 1. The van der Waals surface area contributed by atoms with E-state index in [1.165, 1.54) is 0 Å². The molecule has 1 aliphatic heterocycles. The van der Waals surface area contributed by atoms with Crippen LogP contribution in [-0.2, 0) is 16.0 Å². The lowest BCUT2D eigenvalue weighted by atomic mass is 9.98. The van der Waals surface area contributed by atoms with Crippen LogP contribution in [0.15, 0.2) is 42.5 Å². The SMILES string of the molecule is CCN(CC)c1ccc(NC(=O)C2Cc3ccc(Cl)cc3C(=O)O2)cc1. The maximum Gasteiger partial charge on any atom is 0.339 e. The highest BCUT2D eigenvalue weighted by molar-refractivity contribution is 6.31. The molecule has 2 aromatic carbocycles. The fourth-order valence-electron chi connectivity index (χ4n) is 3.06. The third-order valence-electron chi connectivity index (χ3n) is 4.50. The van der Waals surface area contributed by atoms with Crippen LogP contribution in [0, 0.1) is 0 Å². The molecule has 0 radical (unpaired) electrons.